The van der Waals surface area contributed by atoms with E-state index in [-0.39, 0.29) is 16.2 Å². The van der Waals surface area contributed by atoms with Crippen LogP contribution in [0.3, 0.4) is 0 Å². The minimum atomic E-state index is -3.86. The van der Waals surface area contributed by atoms with Crippen LogP contribution in [0, 0.1) is 0 Å². The van der Waals surface area contributed by atoms with E-state index < -0.39 is 15.9 Å². The number of carbonyl (C=O) groups excluding carboxylic acids is 1. The van der Waals surface area contributed by atoms with E-state index in [1.54, 1.807) is 55.7 Å². The lowest BCUT2D eigenvalue weighted by molar-refractivity contribution is 0.0992. The van der Waals surface area contributed by atoms with Gasteiger partial charge in [-0.25, -0.2) is 13.4 Å². The Morgan fingerprint density at radius 3 is 2.56 bits per heavy atom. The average molecular weight is 381 g/mol. The molecule has 0 spiro atoms. The predicted octanol–water partition coefficient (Wildman–Crippen LogP) is 3.26. The fourth-order valence-electron chi connectivity index (χ4n) is 2.76. The number of nitrogens with one attached hydrogen (secondary N) is 1. The monoisotopic (exact) mass is 381 g/mol. The molecule has 0 atom stereocenters. The molecule has 1 aromatic heterocycles. The van der Waals surface area contributed by atoms with Crippen LogP contribution in [0.25, 0.3) is 0 Å². The molecule has 3 aromatic rings. The first kappa shape index (κ1) is 17.0. The van der Waals surface area contributed by atoms with E-state index in [2.05, 4.69) is 9.71 Å². The van der Waals surface area contributed by atoms with Gasteiger partial charge in [0.05, 0.1) is 10.5 Å². The number of hydrogen-bond acceptors (Lipinski definition) is 5. The summed E-state index contributed by atoms with van der Waals surface area (Å²) in [4.78, 5) is 18.3. The van der Waals surface area contributed by atoms with Crippen molar-refractivity contribution in [1.29, 1.82) is 0 Å². The Balaban J connectivity index is 1.75. The number of benzene rings is 2. The van der Waals surface area contributed by atoms with E-state index >= 15 is 0 Å². The van der Waals surface area contributed by atoms with Crippen LogP contribution < -0.4 is 14.4 Å². The molecule has 0 saturated heterocycles. The Morgan fingerprint density at radius 2 is 1.78 bits per heavy atom. The van der Waals surface area contributed by atoms with Gasteiger partial charge >= 0.3 is 0 Å². The van der Waals surface area contributed by atoms with Gasteiger partial charge in [0.25, 0.3) is 15.9 Å². The second-order valence-corrected chi connectivity index (χ2v) is 7.60. The Hall–Kier alpha value is -3.39. The second kappa shape index (κ2) is 6.40. The Labute approximate surface area is 156 Å². The van der Waals surface area contributed by atoms with Gasteiger partial charge in [-0.05, 0) is 42.5 Å². The standard InChI is InChI=1S/C19H15N3O4S/c1-22-18-17(8-5-11-20-18)26-16-10-9-14(12-15(16)19(22)23)27(24,25)21-13-6-3-2-4-7-13/h2-12,21H,1H3. The highest BCUT2D eigenvalue weighted by atomic mass is 32.2. The summed E-state index contributed by atoms with van der Waals surface area (Å²) in [5.74, 6) is 0.659. The fourth-order valence-corrected chi connectivity index (χ4v) is 3.85. The van der Waals surface area contributed by atoms with Gasteiger partial charge in [-0.3, -0.25) is 14.4 Å². The van der Waals surface area contributed by atoms with E-state index in [1.807, 2.05) is 0 Å². The lowest BCUT2D eigenvalue weighted by Gasteiger charge is -2.14. The van der Waals surface area contributed by atoms with E-state index in [1.165, 1.54) is 23.1 Å². The number of para-hydroxylation sites is 1. The summed E-state index contributed by atoms with van der Waals surface area (Å²) in [7, 11) is -2.29. The van der Waals surface area contributed by atoms with Gasteiger partial charge in [0.15, 0.2) is 11.6 Å². The summed E-state index contributed by atoms with van der Waals surface area (Å²) in [6, 6.07) is 16.1. The summed E-state index contributed by atoms with van der Waals surface area (Å²) in [5, 5.41) is 0. The number of rotatable bonds is 3. The van der Waals surface area contributed by atoms with Gasteiger partial charge in [0.1, 0.15) is 5.75 Å². The van der Waals surface area contributed by atoms with Crippen molar-refractivity contribution >= 4 is 27.4 Å². The molecule has 136 valence electrons. The molecule has 2 aromatic carbocycles. The molecular weight excluding hydrogens is 366 g/mol. The van der Waals surface area contributed by atoms with Crippen molar-refractivity contribution in [1.82, 2.24) is 4.98 Å². The Bertz CT molecular complexity index is 1130. The molecule has 0 radical (unpaired) electrons. The van der Waals surface area contributed by atoms with Crippen LogP contribution >= 0.6 is 0 Å². The first-order valence-electron chi connectivity index (χ1n) is 8.08. The molecule has 7 nitrogen and oxygen atoms in total. The first-order chi connectivity index (χ1) is 13.0. The highest BCUT2D eigenvalue weighted by Crippen LogP contribution is 2.37. The topological polar surface area (TPSA) is 88.6 Å². The maximum Gasteiger partial charge on any atom is 0.263 e. The van der Waals surface area contributed by atoms with E-state index in [4.69, 9.17) is 4.74 Å². The van der Waals surface area contributed by atoms with Crippen molar-refractivity contribution in [3.8, 4) is 11.5 Å². The number of pyridine rings is 1. The third-order valence-corrected chi connectivity index (χ3v) is 5.49. The van der Waals surface area contributed by atoms with Gasteiger partial charge in [-0.15, -0.1) is 0 Å². The van der Waals surface area contributed by atoms with Gasteiger partial charge in [0.2, 0.25) is 0 Å². The fraction of sp³-hybridized carbons (Fsp3) is 0.0526. The molecule has 0 saturated carbocycles. The van der Waals surface area contributed by atoms with Crippen LogP contribution in [0.1, 0.15) is 10.4 Å². The van der Waals surface area contributed by atoms with Crippen LogP contribution in [0.15, 0.2) is 71.8 Å². The number of aromatic nitrogens is 1. The van der Waals surface area contributed by atoms with Gasteiger partial charge in [-0.2, -0.15) is 0 Å². The van der Waals surface area contributed by atoms with Gasteiger partial charge in [-0.1, -0.05) is 18.2 Å². The summed E-state index contributed by atoms with van der Waals surface area (Å²) in [5.41, 5.74) is 0.579. The lowest BCUT2D eigenvalue weighted by Crippen LogP contribution is -2.26. The van der Waals surface area contributed by atoms with Gasteiger partial charge < -0.3 is 4.74 Å². The molecule has 8 heteroatoms. The van der Waals surface area contributed by atoms with Crippen molar-refractivity contribution in [2.75, 3.05) is 16.7 Å². The normalized spacial score (nSPS) is 13.2. The Kier molecular flexibility index (Phi) is 4.04. The number of anilines is 2. The van der Waals surface area contributed by atoms with Crippen LogP contribution in [0.4, 0.5) is 11.5 Å². The van der Waals surface area contributed by atoms with Crippen molar-refractivity contribution in [2.24, 2.45) is 0 Å². The minimum Gasteiger partial charge on any atom is -0.453 e. The molecule has 0 aliphatic carbocycles. The number of nitrogens with zero attached hydrogens (tertiary/aromatic N) is 2. The second-order valence-electron chi connectivity index (χ2n) is 5.92. The zero-order valence-corrected chi connectivity index (χ0v) is 15.1. The molecular formula is C19H15N3O4S. The van der Waals surface area contributed by atoms with E-state index in [0.29, 0.717) is 17.3 Å². The molecule has 27 heavy (non-hydrogen) atoms. The van der Waals surface area contributed by atoms with Crippen molar-refractivity contribution in [3.63, 3.8) is 0 Å². The maximum atomic E-state index is 12.8. The molecule has 4 rings (SSSR count). The van der Waals surface area contributed by atoms with E-state index in [0.717, 1.165) is 0 Å². The largest absolute Gasteiger partial charge is 0.453 e. The molecule has 0 fully saturated rings. The Morgan fingerprint density at radius 1 is 1.00 bits per heavy atom. The molecule has 1 aliphatic heterocycles. The summed E-state index contributed by atoms with van der Waals surface area (Å²) in [6.07, 6.45) is 1.56. The number of sulfonamides is 1. The van der Waals surface area contributed by atoms with Gasteiger partial charge in [0, 0.05) is 18.9 Å². The summed E-state index contributed by atoms with van der Waals surface area (Å²) >= 11 is 0. The summed E-state index contributed by atoms with van der Waals surface area (Å²) in [6.45, 7) is 0. The minimum absolute atomic E-state index is 0.0330. The quantitative estimate of drug-likeness (QED) is 0.752. The number of fused-ring (bicyclic) bond motifs is 2. The zero-order chi connectivity index (χ0) is 19.0. The third kappa shape index (κ3) is 3.11. The van der Waals surface area contributed by atoms with Crippen molar-refractivity contribution in [3.05, 3.63) is 72.4 Å². The van der Waals surface area contributed by atoms with E-state index in [9.17, 15) is 13.2 Å². The SMILES string of the molecule is CN1C(=O)c2cc(S(=O)(=O)Nc3ccccc3)ccc2Oc2cccnc21. The molecule has 1 N–H and O–H groups in total. The van der Waals surface area contributed by atoms with Crippen LogP contribution in [0.5, 0.6) is 11.5 Å². The lowest BCUT2D eigenvalue weighted by atomic mass is 10.2. The van der Waals surface area contributed by atoms with Crippen LogP contribution in [-0.2, 0) is 10.0 Å². The molecule has 2 heterocycles. The smallest absolute Gasteiger partial charge is 0.263 e. The predicted molar refractivity (Wildman–Crippen MR) is 101 cm³/mol. The molecule has 1 amide bonds. The average Bonchev–Trinajstić information content (AvgIpc) is 2.77. The number of ether oxygens (including phenoxy) is 1. The number of amides is 1. The molecule has 0 bridgehead atoms. The molecule has 1 aliphatic rings. The highest BCUT2D eigenvalue weighted by Gasteiger charge is 2.28. The zero-order valence-electron chi connectivity index (χ0n) is 14.3. The molecule has 0 unspecified atom stereocenters. The van der Waals surface area contributed by atoms with Crippen LogP contribution in [-0.4, -0.2) is 26.4 Å². The van der Waals surface area contributed by atoms with Crippen molar-refractivity contribution in [2.45, 2.75) is 4.90 Å². The number of carbonyl (C=O) groups is 1. The van der Waals surface area contributed by atoms with Crippen LogP contribution in [0.2, 0.25) is 0 Å². The maximum absolute atomic E-state index is 12.8. The highest BCUT2D eigenvalue weighted by molar-refractivity contribution is 7.92. The summed E-state index contributed by atoms with van der Waals surface area (Å²) < 4.78 is 33.7. The number of hydrogen-bond donors (Lipinski definition) is 1. The first-order valence-corrected chi connectivity index (χ1v) is 9.57. The third-order valence-electron chi connectivity index (χ3n) is 4.11. The van der Waals surface area contributed by atoms with Crippen molar-refractivity contribution < 1.29 is 17.9 Å².